The number of fused-ring (bicyclic) bond motifs is 1. The maximum Gasteiger partial charge on any atom is 0.324 e. The molecule has 0 aliphatic carbocycles. The fourth-order valence-corrected chi connectivity index (χ4v) is 3.89. The number of nitrogens with one attached hydrogen (secondary N) is 3. The first kappa shape index (κ1) is 23.0. The van der Waals surface area contributed by atoms with Crippen LogP contribution < -0.4 is 24.8 Å². The van der Waals surface area contributed by atoms with Crippen LogP contribution in [0.5, 0.6) is 11.5 Å². The number of anilines is 2. The summed E-state index contributed by atoms with van der Waals surface area (Å²) in [7, 11) is -4.03. The van der Waals surface area contributed by atoms with Crippen LogP contribution in [0.25, 0.3) is 0 Å². The Morgan fingerprint density at radius 1 is 1.00 bits per heavy atom. The van der Waals surface area contributed by atoms with Gasteiger partial charge in [0.1, 0.15) is 6.04 Å². The molecular weight excluding hydrogens is 442 g/mol. The number of hydrogen-bond acceptors (Lipinski definition) is 8. The molecule has 2 aromatic rings. The molecule has 3 N–H and O–H groups in total. The van der Waals surface area contributed by atoms with Gasteiger partial charge < -0.3 is 24.8 Å². The zero-order valence-corrected chi connectivity index (χ0v) is 18.0. The van der Waals surface area contributed by atoms with Crippen LogP contribution in [0, 0.1) is 0 Å². The highest BCUT2D eigenvalue weighted by atomic mass is 32.2. The second kappa shape index (κ2) is 9.66. The lowest BCUT2D eigenvalue weighted by molar-refractivity contribution is -0.148. The normalized spacial score (nSPS) is 13.2. The second-order valence-electron chi connectivity index (χ2n) is 6.77. The van der Waals surface area contributed by atoms with E-state index in [-0.39, 0.29) is 17.6 Å². The molecule has 3 rings (SSSR count). The van der Waals surface area contributed by atoms with Crippen LogP contribution in [0.15, 0.2) is 47.4 Å². The minimum atomic E-state index is -4.03. The number of carbonyl (C=O) groups excluding carboxylic acids is 3. The first-order chi connectivity index (χ1) is 15.1. The van der Waals surface area contributed by atoms with Gasteiger partial charge in [-0.2, -0.15) is 4.72 Å². The molecule has 0 spiro atoms. The van der Waals surface area contributed by atoms with E-state index < -0.39 is 34.5 Å². The van der Waals surface area contributed by atoms with Crippen molar-refractivity contribution >= 4 is 39.2 Å². The predicted octanol–water partition coefficient (Wildman–Crippen LogP) is 1.22. The summed E-state index contributed by atoms with van der Waals surface area (Å²) in [6.07, 6.45) is 0. The largest absolute Gasteiger partial charge is 0.454 e. The maximum atomic E-state index is 12.4. The van der Waals surface area contributed by atoms with Crippen LogP contribution in [-0.4, -0.2) is 45.6 Å². The Kier molecular flexibility index (Phi) is 6.95. The molecule has 0 fully saturated rings. The Balaban J connectivity index is 1.50. The number of hydrogen-bond donors (Lipinski definition) is 3. The summed E-state index contributed by atoms with van der Waals surface area (Å²) >= 11 is 0. The molecule has 0 unspecified atom stereocenters. The summed E-state index contributed by atoms with van der Waals surface area (Å²) in [6, 6.07) is 8.95. The number of rotatable bonds is 8. The van der Waals surface area contributed by atoms with E-state index in [0.717, 1.165) is 0 Å². The molecule has 1 heterocycles. The van der Waals surface area contributed by atoms with Crippen molar-refractivity contribution in [3.8, 4) is 11.5 Å². The molecule has 0 saturated heterocycles. The average molecular weight is 463 g/mol. The fraction of sp³-hybridized carbons (Fsp3) is 0.250. The molecule has 11 nitrogen and oxygen atoms in total. The third-order valence-electron chi connectivity index (χ3n) is 4.17. The van der Waals surface area contributed by atoms with E-state index in [4.69, 9.17) is 14.2 Å². The number of carbonyl (C=O) groups is 3. The monoisotopic (exact) mass is 463 g/mol. The third-order valence-corrected chi connectivity index (χ3v) is 5.73. The first-order valence-corrected chi connectivity index (χ1v) is 10.9. The quantitative estimate of drug-likeness (QED) is 0.495. The lowest BCUT2D eigenvalue weighted by Crippen LogP contribution is -2.40. The molecule has 1 aliphatic rings. The molecular formula is C20H21N3O8S. The lowest BCUT2D eigenvalue weighted by atomic mass is 10.3. The van der Waals surface area contributed by atoms with Gasteiger partial charge in [0.05, 0.1) is 4.90 Å². The summed E-state index contributed by atoms with van der Waals surface area (Å²) in [4.78, 5) is 35.1. The Labute approximate surface area is 184 Å². The van der Waals surface area contributed by atoms with Gasteiger partial charge in [0.25, 0.3) is 5.91 Å². The molecule has 0 saturated carbocycles. The van der Waals surface area contributed by atoms with E-state index in [2.05, 4.69) is 15.4 Å². The van der Waals surface area contributed by atoms with Gasteiger partial charge in [-0.25, -0.2) is 8.42 Å². The lowest BCUT2D eigenvalue weighted by Gasteiger charge is -2.14. The number of benzene rings is 2. The highest BCUT2D eigenvalue weighted by Gasteiger charge is 2.24. The van der Waals surface area contributed by atoms with Crippen LogP contribution in [0.4, 0.5) is 11.4 Å². The average Bonchev–Trinajstić information content (AvgIpc) is 3.19. The highest BCUT2D eigenvalue weighted by Crippen LogP contribution is 2.34. The molecule has 12 heteroatoms. The molecule has 0 radical (unpaired) electrons. The molecule has 0 bridgehead atoms. The Morgan fingerprint density at radius 3 is 2.34 bits per heavy atom. The van der Waals surface area contributed by atoms with Gasteiger partial charge in [0, 0.05) is 24.4 Å². The standard InChI is InChI=1S/C20H21N3O8S/c1-12(23-32(27,28)16-6-3-14(4-7-16)21-13(2)24)20(26)29-10-19(25)22-15-5-8-17-18(9-15)31-11-30-17/h3-9,12,23H,10-11H2,1-2H3,(H,21,24)(H,22,25)/t12-/m0/s1. The molecule has 1 aliphatic heterocycles. The third kappa shape index (κ3) is 5.95. The van der Waals surface area contributed by atoms with Crippen molar-refractivity contribution in [2.75, 3.05) is 24.0 Å². The van der Waals surface area contributed by atoms with Crippen molar-refractivity contribution in [3.05, 3.63) is 42.5 Å². The van der Waals surface area contributed by atoms with Crippen LogP contribution in [0.1, 0.15) is 13.8 Å². The molecule has 170 valence electrons. The topological polar surface area (TPSA) is 149 Å². The summed E-state index contributed by atoms with van der Waals surface area (Å²) in [5, 5.41) is 5.06. The second-order valence-corrected chi connectivity index (χ2v) is 8.49. The fourth-order valence-electron chi connectivity index (χ4n) is 2.70. The zero-order valence-electron chi connectivity index (χ0n) is 17.2. The van der Waals surface area contributed by atoms with Crippen molar-refractivity contribution in [2.24, 2.45) is 0 Å². The van der Waals surface area contributed by atoms with Gasteiger partial charge in [-0.15, -0.1) is 0 Å². The van der Waals surface area contributed by atoms with Crippen molar-refractivity contribution < 1.29 is 37.0 Å². The molecule has 2 aromatic carbocycles. The van der Waals surface area contributed by atoms with E-state index in [1.54, 1.807) is 18.2 Å². The predicted molar refractivity (Wildman–Crippen MR) is 113 cm³/mol. The minimum Gasteiger partial charge on any atom is -0.454 e. The van der Waals surface area contributed by atoms with Crippen molar-refractivity contribution in [1.82, 2.24) is 4.72 Å². The van der Waals surface area contributed by atoms with Crippen molar-refractivity contribution in [2.45, 2.75) is 24.8 Å². The van der Waals surface area contributed by atoms with Gasteiger partial charge in [-0.1, -0.05) is 0 Å². The maximum absolute atomic E-state index is 12.4. The summed E-state index contributed by atoms with van der Waals surface area (Å²) in [5.41, 5.74) is 0.851. The minimum absolute atomic E-state index is 0.0948. The Hall–Kier alpha value is -3.64. The van der Waals surface area contributed by atoms with Gasteiger partial charge in [-0.3, -0.25) is 14.4 Å². The number of ether oxygens (including phenoxy) is 3. The van der Waals surface area contributed by atoms with Crippen molar-refractivity contribution in [3.63, 3.8) is 0 Å². The smallest absolute Gasteiger partial charge is 0.324 e. The zero-order chi connectivity index (χ0) is 23.3. The Bertz CT molecular complexity index is 1130. The van der Waals surface area contributed by atoms with E-state index in [9.17, 15) is 22.8 Å². The number of sulfonamides is 1. The number of amides is 2. The highest BCUT2D eigenvalue weighted by molar-refractivity contribution is 7.89. The van der Waals surface area contributed by atoms with Crippen LogP contribution >= 0.6 is 0 Å². The van der Waals surface area contributed by atoms with E-state index in [1.807, 2.05) is 0 Å². The molecule has 0 aromatic heterocycles. The van der Waals surface area contributed by atoms with E-state index in [0.29, 0.717) is 22.9 Å². The van der Waals surface area contributed by atoms with Crippen LogP contribution in [0.3, 0.4) is 0 Å². The van der Waals surface area contributed by atoms with Gasteiger partial charge in [0.15, 0.2) is 18.1 Å². The number of esters is 1. The van der Waals surface area contributed by atoms with E-state index >= 15 is 0 Å². The van der Waals surface area contributed by atoms with Crippen LogP contribution in [-0.2, 0) is 29.1 Å². The molecule has 1 atom stereocenters. The summed E-state index contributed by atoms with van der Waals surface area (Å²) in [6.45, 7) is 2.11. The van der Waals surface area contributed by atoms with Gasteiger partial charge in [0.2, 0.25) is 22.7 Å². The molecule has 32 heavy (non-hydrogen) atoms. The van der Waals surface area contributed by atoms with Crippen LogP contribution in [0.2, 0.25) is 0 Å². The SMILES string of the molecule is CC(=O)Nc1ccc(S(=O)(=O)N[C@@H](C)C(=O)OCC(=O)Nc2ccc3c(c2)OCO3)cc1. The summed E-state index contributed by atoms with van der Waals surface area (Å²) < 4.78 is 42.4. The van der Waals surface area contributed by atoms with Gasteiger partial charge >= 0.3 is 5.97 Å². The van der Waals surface area contributed by atoms with Crippen molar-refractivity contribution in [1.29, 1.82) is 0 Å². The van der Waals surface area contributed by atoms with E-state index in [1.165, 1.54) is 38.1 Å². The Morgan fingerprint density at radius 2 is 1.66 bits per heavy atom. The summed E-state index contributed by atoms with van der Waals surface area (Å²) in [5.74, 6) is -0.795. The first-order valence-electron chi connectivity index (χ1n) is 9.40. The van der Waals surface area contributed by atoms with Gasteiger partial charge in [-0.05, 0) is 43.3 Å². The molecule has 2 amide bonds.